The largest absolute Gasteiger partial charge is 0.477 e. The maximum absolute atomic E-state index is 12.6. The standard InChI is InChI=1S/C12H18N2O4S2/c1-12(2)8-14(6-5-13(12)3)20(17,18)9-4-7-19-10(9)11(15)16/h4,7H,5-6,8H2,1-3H3,(H,15,16). The third-order valence-electron chi connectivity index (χ3n) is 3.72. The van der Waals surface area contributed by atoms with E-state index < -0.39 is 16.0 Å². The van der Waals surface area contributed by atoms with E-state index in [4.69, 9.17) is 5.11 Å². The predicted molar refractivity (Wildman–Crippen MR) is 76.7 cm³/mol. The van der Waals surface area contributed by atoms with Crippen molar-refractivity contribution in [3.63, 3.8) is 0 Å². The van der Waals surface area contributed by atoms with Crippen LogP contribution in [-0.2, 0) is 10.0 Å². The van der Waals surface area contributed by atoms with Gasteiger partial charge in [-0.25, -0.2) is 13.2 Å². The highest BCUT2D eigenvalue weighted by atomic mass is 32.2. The summed E-state index contributed by atoms with van der Waals surface area (Å²) in [6.45, 7) is 5.29. The number of carbonyl (C=O) groups is 1. The van der Waals surface area contributed by atoms with E-state index in [9.17, 15) is 13.2 Å². The van der Waals surface area contributed by atoms with Gasteiger partial charge in [-0.05, 0) is 32.3 Å². The number of hydrogen-bond donors (Lipinski definition) is 1. The molecule has 6 nitrogen and oxygen atoms in total. The van der Waals surface area contributed by atoms with Crippen LogP contribution in [0.1, 0.15) is 23.5 Å². The minimum atomic E-state index is -3.75. The number of carboxylic acids is 1. The highest BCUT2D eigenvalue weighted by molar-refractivity contribution is 7.89. The van der Waals surface area contributed by atoms with Crippen LogP contribution >= 0.6 is 11.3 Å². The van der Waals surface area contributed by atoms with E-state index in [1.807, 2.05) is 20.9 Å². The van der Waals surface area contributed by atoms with Gasteiger partial charge < -0.3 is 5.11 Å². The van der Waals surface area contributed by atoms with Crippen LogP contribution in [0, 0.1) is 0 Å². The molecule has 20 heavy (non-hydrogen) atoms. The zero-order chi connectivity index (χ0) is 15.1. The SMILES string of the molecule is CN1CCN(S(=O)(=O)c2ccsc2C(=O)O)CC1(C)C. The van der Waals surface area contributed by atoms with Crippen LogP contribution in [0.2, 0.25) is 0 Å². The summed E-state index contributed by atoms with van der Waals surface area (Å²) in [4.78, 5) is 13.0. The van der Waals surface area contributed by atoms with Crippen LogP contribution in [0.3, 0.4) is 0 Å². The van der Waals surface area contributed by atoms with Crippen LogP contribution in [-0.4, -0.2) is 60.9 Å². The van der Waals surface area contributed by atoms with Gasteiger partial charge in [0, 0.05) is 25.2 Å². The van der Waals surface area contributed by atoms with E-state index in [2.05, 4.69) is 4.90 Å². The molecule has 1 aliphatic rings. The Labute approximate surface area is 122 Å². The molecule has 112 valence electrons. The minimum Gasteiger partial charge on any atom is -0.477 e. The monoisotopic (exact) mass is 318 g/mol. The molecule has 1 aliphatic heterocycles. The summed E-state index contributed by atoms with van der Waals surface area (Å²) in [5.74, 6) is -1.20. The Morgan fingerprint density at radius 1 is 1.40 bits per heavy atom. The molecule has 8 heteroatoms. The zero-order valence-electron chi connectivity index (χ0n) is 11.7. The van der Waals surface area contributed by atoms with Gasteiger partial charge in [0.1, 0.15) is 9.77 Å². The lowest BCUT2D eigenvalue weighted by Gasteiger charge is -2.44. The number of thiophene rings is 1. The van der Waals surface area contributed by atoms with Crippen molar-refractivity contribution >= 4 is 27.3 Å². The highest BCUT2D eigenvalue weighted by Crippen LogP contribution is 2.29. The van der Waals surface area contributed by atoms with Crippen molar-refractivity contribution in [1.82, 2.24) is 9.21 Å². The molecule has 0 spiro atoms. The van der Waals surface area contributed by atoms with E-state index in [1.54, 1.807) is 0 Å². The quantitative estimate of drug-likeness (QED) is 0.905. The number of rotatable bonds is 3. The van der Waals surface area contributed by atoms with Gasteiger partial charge in [0.15, 0.2) is 0 Å². The number of aromatic carboxylic acids is 1. The second-order valence-corrected chi connectivity index (χ2v) is 8.31. The Morgan fingerprint density at radius 2 is 2.05 bits per heavy atom. The molecule has 1 saturated heterocycles. The maximum Gasteiger partial charge on any atom is 0.347 e. The first-order valence-electron chi connectivity index (χ1n) is 6.18. The Bertz CT molecular complexity index is 621. The summed E-state index contributed by atoms with van der Waals surface area (Å²) in [6.07, 6.45) is 0. The van der Waals surface area contributed by atoms with Gasteiger partial charge in [-0.1, -0.05) is 0 Å². The number of hydrogen-bond acceptors (Lipinski definition) is 5. The molecule has 1 aromatic rings. The van der Waals surface area contributed by atoms with Crippen LogP contribution in [0.5, 0.6) is 0 Å². The Kier molecular flexibility index (Phi) is 3.94. The molecule has 0 unspecified atom stereocenters. The molecule has 1 aromatic heterocycles. The smallest absolute Gasteiger partial charge is 0.347 e. The molecule has 0 atom stereocenters. The number of likely N-dealkylation sites (N-methyl/N-ethyl adjacent to an activating group) is 1. The summed E-state index contributed by atoms with van der Waals surface area (Å²) in [5, 5.41) is 10.6. The first-order valence-corrected chi connectivity index (χ1v) is 8.50. The van der Waals surface area contributed by atoms with Gasteiger partial charge in [0.05, 0.1) is 0 Å². The maximum atomic E-state index is 12.6. The predicted octanol–water partition coefficient (Wildman–Crippen LogP) is 1.16. The summed E-state index contributed by atoms with van der Waals surface area (Å²) in [6, 6.07) is 1.37. The highest BCUT2D eigenvalue weighted by Gasteiger charge is 2.38. The van der Waals surface area contributed by atoms with Gasteiger partial charge in [-0.3, -0.25) is 4.90 Å². The fraction of sp³-hybridized carbons (Fsp3) is 0.583. The first-order chi connectivity index (χ1) is 9.16. The zero-order valence-corrected chi connectivity index (χ0v) is 13.3. The number of carboxylic acid groups (broad SMARTS) is 1. The van der Waals surface area contributed by atoms with Crippen LogP contribution < -0.4 is 0 Å². The molecule has 0 bridgehead atoms. The van der Waals surface area contributed by atoms with E-state index in [0.717, 1.165) is 11.3 Å². The molecule has 0 aliphatic carbocycles. The second kappa shape index (κ2) is 5.10. The van der Waals surface area contributed by atoms with E-state index in [1.165, 1.54) is 15.8 Å². The molecule has 1 N–H and O–H groups in total. The Hall–Kier alpha value is -0.960. The molecule has 0 aromatic carbocycles. The third-order valence-corrected chi connectivity index (χ3v) is 6.64. The summed E-state index contributed by atoms with van der Waals surface area (Å²) >= 11 is 0.933. The molecule has 0 radical (unpaired) electrons. The van der Waals surface area contributed by atoms with Crippen LogP contribution in [0.15, 0.2) is 16.3 Å². The van der Waals surface area contributed by atoms with Crippen molar-refractivity contribution < 1.29 is 18.3 Å². The van der Waals surface area contributed by atoms with Gasteiger partial charge in [-0.15, -0.1) is 11.3 Å². The normalized spacial score (nSPS) is 20.9. The number of piperazine rings is 1. The molecule has 2 heterocycles. The van der Waals surface area contributed by atoms with Crippen molar-refractivity contribution in [1.29, 1.82) is 0 Å². The molecule has 0 saturated carbocycles. The molecule has 2 rings (SSSR count). The van der Waals surface area contributed by atoms with E-state index in [-0.39, 0.29) is 15.3 Å². The summed E-state index contributed by atoms with van der Waals surface area (Å²) < 4.78 is 26.6. The topological polar surface area (TPSA) is 77.9 Å². The fourth-order valence-corrected chi connectivity index (χ4v) is 5.02. The van der Waals surface area contributed by atoms with Gasteiger partial charge in [0.2, 0.25) is 10.0 Å². The summed E-state index contributed by atoms with van der Waals surface area (Å²) in [7, 11) is -1.80. The lowest BCUT2D eigenvalue weighted by Crippen LogP contribution is -2.58. The molecule has 1 fully saturated rings. The van der Waals surface area contributed by atoms with E-state index >= 15 is 0 Å². The Balaban J connectivity index is 2.36. The summed E-state index contributed by atoms with van der Waals surface area (Å²) in [5.41, 5.74) is -0.273. The van der Waals surface area contributed by atoms with Crippen molar-refractivity contribution in [3.8, 4) is 0 Å². The lowest BCUT2D eigenvalue weighted by molar-refractivity contribution is 0.0696. The van der Waals surface area contributed by atoms with Crippen molar-refractivity contribution in [2.45, 2.75) is 24.3 Å². The van der Waals surface area contributed by atoms with Crippen molar-refractivity contribution in [2.24, 2.45) is 0 Å². The number of sulfonamides is 1. The van der Waals surface area contributed by atoms with Gasteiger partial charge in [0.25, 0.3) is 0 Å². The minimum absolute atomic E-state index is 0.102. The lowest BCUT2D eigenvalue weighted by atomic mass is 10.0. The van der Waals surface area contributed by atoms with Gasteiger partial charge >= 0.3 is 5.97 Å². The molecular formula is C12H18N2O4S2. The third kappa shape index (κ3) is 2.60. The number of nitrogens with zero attached hydrogens (tertiary/aromatic N) is 2. The second-order valence-electron chi connectivity index (χ2n) is 5.49. The molecular weight excluding hydrogens is 300 g/mol. The first kappa shape index (κ1) is 15.4. The fourth-order valence-electron chi connectivity index (χ4n) is 2.20. The average Bonchev–Trinajstić information content (AvgIpc) is 2.82. The van der Waals surface area contributed by atoms with Crippen LogP contribution in [0.4, 0.5) is 0 Å². The van der Waals surface area contributed by atoms with Gasteiger partial charge in [-0.2, -0.15) is 4.31 Å². The van der Waals surface area contributed by atoms with Crippen molar-refractivity contribution in [3.05, 3.63) is 16.3 Å². The molecule has 0 amide bonds. The Morgan fingerprint density at radius 3 is 2.60 bits per heavy atom. The van der Waals surface area contributed by atoms with Crippen LogP contribution in [0.25, 0.3) is 0 Å². The van der Waals surface area contributed by atoms with E-state index in [0.29, 0.717) is 19.6 Å². The van der Waals surface area contributed by atoms with Crippen molar-refractivity contribution in [2.75, 3.05) is 26.7 Å². The average molecular weight is 318 g/mol.